The van der Waals surface area contributed by atoms with E-state index < -0.39 is 18.1 Å². The fourth-order valence-corrected chi connectivity index (χ4v) is 4.49. The fourth-order valence-electron chi connectivity index (χ4n) is 4.49. The molecule has 0 radical (unpaired) electrons. The molecule has 1 N–H and O–H groups in total. The molecule has 33 heavy (non-hydrogen) atoms. The zero-order valence-electron chi connectivity index (χ0n) is 20.7. The average molecular weight is 463 g/mol. The third-order valence-electron chi connectivity index (χ3n) is 5.76. The fraction of sp³-hybridized carbons (Fsp3) is 0.600. The van der Waals surface area contributed by atoms with Crippen molar-refractivity contribution in [2.45, 2.75) is 73.0 Å². The van der Waals surface area contributed by atoms with Crippen LogP contribution in [0.5, 0.6) is 0 Å². The number of aryl methyl sites for hydroxylation is 1. The molecule has 1 unspecified atom stereocenters. The molecule has 0 aliphatic carbocycles. The zero-order chi connectivity index (χ0) is 24.5. The molecule has 0 bridgehead atoms. The Morgan fingerprint density at radius 3 is 2.58 bits per heavy atom. The first-order chi connectivity index (χ1) is 15.4. The Labute approximate surface area is 195 Å². The lowest BCUT2D eigenvalue weighted by Crippen LogP contribution is -2.51. The molecule has 1 aliphatic rings. The van der Waals surface area contributed by atoms with E-state index in [1.54, 1.807) is 40.7 Å². The number of hydrogen-bond donors (Lipinski definition) is 1. The monoisotopic (exact) mass is 462 g/mol. The van der Waals surface area contributed by atoms with Gasteiger partial charge >= 0.3 is 6.09 Å². The SMILES string of the molecule is Cc1nn(C(=O)OC(C)(C)C)c(C)c1-c1ccc(N2CCNC(CC(C)C)C2)c(C(F)F)c1. The van der Waals surface area contributed by atoms with E-state index >= 15 is 0 Å². The Kier molecular flexibility index (Phi) is 7.46. The molecule has 1 aromatic heterocycles. The summed E-state index contributed by atoms with van der Waals surface area (Å²) in [5.41, 5.74) is 2.35. The molecule has 1 fully saturated rings. The molecule has 182 valence electrons. The van der Waals surface area contributed by atoms with Gasteiger partial charge in [0.1, 0.15) is 5.60 Å². The number of rotatable bonds is 5. The third-order valence-corrected chi connectivity index (χ3v) is 5.76. The van der Waals surface area contributed by atoms with Gasteiger partial charge in [-0.1, -0.05) is 19.9 Å². The number of nitrogens with one attached hydrogen (secondary N) is 1. The summed E-state index contributed by atoms with van der Waals surface area (Å²) in [5.74, 6) is 0.534. The molecule has 0 saturated carbocycles. The molecule has 1 atom stereocenters. The number of benzene rings is 1. The summed E-state index contributed by atoms with van der Waals surface area (Å²) in [4.78, 5) is 14.6. The van der Waals surface area contributed by atoms with E-state index in [4.69, 9.17) is 4.74 Å². The maximum absolute atomic E-state index is 14.2. The van der Waals surface area contributed by atoms with Gasteiger partial charge in [0.15, 0.2) is 0 Å². The van der Waals surface area contributed by atoms with Gasteiger partial charge in [-0.2, -0.15) is 9.78 Å². The van der Waals surface area contributed by atoms with Crippen molar-refractivity contribution in [3.63, 3.8) is 0 Å². The van der Waals surface area contributed by atoms with Crippen molar-refractivity contribution >= 4 is 11.8 Å². The van der Waals surface area contributed by atoms with Crippen molar-refractivity contribution in [3.05, 3.63) is 35.2 Å². The van der Waals surface area contributed by atoms with Crippen molar-refractivity contribution in [1.82, 2.24) is 15.1 Å². The number of ether oxygens (including phenoxy) is 1. The summed E-state index contributed by atoms with van der Waals surface area (Å²) in [6, 6.07) is 5.44. The second kappa shape index (κ2) is 9.79. The van der Waals surface area contributed by atoms with Crippen LogP contribution in [0.1, 0.15) is 64.4 Å². The summed E-state index contributed by atoms with van der Waals surface area (Å²) in [5, 5.41) is 7.83. The summed E-state index contributed by atoms with van der Waals surface area (Å²) in [6.07, 6.45) is -2.20. The van der Waals surface area contributed by atoms with Crippen LogP contribution in [0.2, 0.25) is 0 Å². The van der Waals surface area contributed by atoms with Crippen molar-refractivity contribution in [2.24, 2.45) is 5.92 Å². The van der Waals surface area contributed by atoms with Crippen LogP contribution in [0.4, 0.5) is 19.3 Å². The number of aromatic nitrogens is 2. The van der Waals surface area contributed by atoms with Crippen LogP contribution in [-0.4, -0.2) is 47.2 Å². The topological polar surface area (TPSA) is 59.4 Å². The maximum atomic E-state index is 14.2. The van der Waals surface area contributed by atoms with Crippen LogP contribution >= 0.6 is 0 Å². The Bertz CT molecular complexity index is 995. The molecule has 6 nitrogen and oxygen atoms in total. The Balaban J connectivity index is 1.95. The summed E-state index contributed by atoms with van der Waals surface area (Å²) < 4.78 is 35.0. The number of nitrogens with zero attached hydrogens (tertiary/aromatic N) is 3. The lowest BCUT2D eigenvalue weighted by molar-refractivity contribution is 0.0510. The summed E-state index contributed by atoms with van der Waals surface area (Å²) >= 11 is 0. The minimum absolute atomic E-state index is 0.00140. The minimum atomic E-state index is -2.61. The van der Waals surface area contributed by atoms with Gasteiger partial charge in [-0.15, -0.1) is 0 Å². The number of anilines is 1. The molecular weight excluding hydrogens is 426 g/mol. The van der Waals surface area contributed by atoms with Gasteiger partial charge in [0, 0.05) is 42.5 Å². The van der Waals surface area contributed by atoms with E-state index in [0.717, 1.165) is 13.0 Å². The zero-order valence-corrected chi connectivity index (χ0v) is 20.7. The van der Waals surface area contributed by atoms with Gasteiger partial charge in [-0.3, -0.25) is 0 Å². The van der Waals surface area contributed by atoms with E-state index in [1.165, 1.54) is 10.7 Å². The smallest absolute Gasteiger partial charge is 0.435 e. The van der Waals surface area contributed by atoms with E-state index in [1.807, 2.05) is 6.07 Å². The minimum Gasteiger partial charge on any atom is -0.442 e. The lowest BCUT2D eigenvalue weighted by Gasteiger charge is -2.37. The second-order valence-electron chi connectivity index (χ2n) is 10.2. The highest BCUT2D eigenvalue weighted by molar-refractivity contribution is 5.78. The van der Waals surface area contributed by atoms with Gasteiger partial charge in [0.25, 0.3) is 6.43 Å². The first-order valence-electron chi connectivity index (χ1n) is 11.6. The largest absolute Gasteiger partial charge is 0.442 e. The highest BCUT2D eigenvalue weighted by Gasteiger charge is 2.27. The number of halogens is 2. The predicted molar refractivity (Wildman–Crippen MR) is 127 cm³/mol. The molecular formula is C25H36F2N4O2. The van der Waals surface area contributed by atoms with E-state index in [-0.39, 0.29) is 11.6 Å². The molecule has 1 saturated heterocycles. The van der Waals surface area contributed by atoms with Crippen LogP contribution in [-0.2, 0) is 4.74 Å². The number of alkyl halides is 2. The molecule has 0 amide bonds. The van der Waals surface area contributed by atoms with Crippen molar-refractivity contribution in [3.8, 4) is 11.1 Å². The van der Waals surface area contributed by atoms with Gasteiger partial charge in [-0.05, 0) is 64.7 Å². The first-order valence-corrected chi connectivity index (χ1v) is 11.6. The first kappa shape index (κ1) is 25.1. The summed E-state index contributed by atoms with van der Waals surface area (Å²) in [6.45, 7) is 15.4. The molecule has 3 rings (SSSR count). The predicted octanol–water partition coefficient (Wildman–Crippen LogP) is 5.71. The van der Waals surface area contributed by atoms with E-state index in [9.17, 15) is 13.6 Å². The summed E-state index contributed by atoms with van der Waals surface area (Å²) in [7, 11) is 0. The second-order valence-corrected chi connectivity index (χ2v) is 10.2. The van der Waals surface area contributed by atoms with Gasteiger partial charge in [0.2, 0.25) is 0 Å². The van der Waals surface area contributed by atoms with Gasteiger partial charge < -0.3 is 15.0 Å². The van der Waals surface area contributed by atoms with Gasteiger partial charge in [-0.25, -0.2) is 13.6 Å². The number of hydrogen-bond acceptors (Lipinski definition) is 5. The van der Waals surface area contributed by atoms with Gasteiger partial charge in [0.05, 0.1) is 11.4 Å². The van der Waals surface area contributed by atoms with Crippen LogP contribution < -0.4 is 10.2 Å². The molecule has 1 aliphatic heterocycles. The van der Waals surface area contributed by atoms with Crippen LogP contribution in [0.3, 0.4) is 0 Å². The Hall–Kier alpha value is -2.48. The van der Waals surface area contributed by atoms with Crippen LogP contribution in [0, 0.1) is 19.8 Å². The molecule has 8 heteroatoms. The lowest BCUT2D eigenvalue weighted by atomic mass is 9.98. The highest BCUT2D eigenvalue weighted by Crippen LogP contribution is 2.36. The normalized spacial score (nSPS) is 17.2. The molecule has 2 heterocycles. The average Bonchev–Trinajstić information content (AvgIpc) is 3.00. The van der Waals surface area contributed by atoms with E-state index in [2.05, 4.69) is 29.2 Å². The van der Waals surface area contributed by atoms with E-state index in [0.29, 0.717) is 47.2 Å². The van der Waals surface area contributed by atoms with Crippen LogP contribution in [0.25, 0.3) is 11.1 Å². The number of carbonyl (C=O) groups excluding carboxylic acids is 1. The quantitative estimate of drug-likeness (QED) is 0.617. The van der Waals surface area contributed by atoms with Crippen molar-refractivity contribution in [1.29, 1.82) is 0 Å². The van der Waals surface area contributed by atoms with Crippen molar-refractivity contribution < 1.29 is 18.3 Å². The third kappa shape index (κ3) is 5.91. The standard InChI is InChI=1S/C25H36F2N4O2/c1-15(2)12-19-14-30(11-10-28-19)21-9-8-18(13-20(21)23(26)27)22-16(3)29-31(17(22)4)24(32)33-25(5,6)7/h8-9,13,15,19,23,28H,10-12,14H2,1-7H3. The highest BCUT2D eigenvalue weighted by atomic mass is 19.3. The molecule has 0 spiro atoms. The number of piperazine rings is 1. The maximum Gasteiger partial charge on any atom is 0.435 e. The van der Waals surface area contributed by atoms with Crippen LogP contribution in [0.15, 0.2) is 18.2 Å². The Morgan fingerprint density at radius 2 is 1.97 bits per heavy atom. The Morgan fingerprint density at radius 1 is 1.27 bits per heavy atom. The molecule has 1 aromatic carbocycles. The number of carbonyl (C=O) groups is 1. The molecule has 2 aromatic rings. The van der Waals surface area contributed by atoms with Crippen molar-refractivity contribution in [2.75, 3.05) is 24.5 Å².